The molecule has 0 fully saturated rings. The Morgan fingerprint density at radius 1 is 1.43 bits per heavy atom. The Hall–Kier alpha value is -0.380. The van der Waals surface area contributed by atoms with E-state index in [-0.39, 0.29) is 0 Å². The first-order valence-corrected chi connectivity index (χ1v) is 6.12. The Balaban J connectivity index is 2.77. The molecule has 1 aromatic heterocycles. The van der Waals surface area contributed by atoms with Crippen LogP contribution in [0, 0.1) is 0 Å². The molecule has 0 spiro atoms. The van der Waals surface area contributed by atoms with Gasteiger partial charge in [0.15, 0.2) is 6.29 Å². The number of carbonyl (C=O) groups excluding carboxylic acids is 1. The third kappa shape index (κ3) is 1.72. The van der Waals surface area contributed by atoms with E-state index in [2.05, 4.69) is 15.9 Å². The standard InChI is InChI=1S/C10H6BrClOS/c11-7-1-6(4-12)9-3-8(5-13)14-10(9)2-7/h1-3,5H,4H2. The molecule has 1 aromatic carbocycles. The average molecular weight is 290 g/mol. The minimum Gasteiger partial charge on any atom is -0.297 e. The summed E-state index contributed by atoms with van der Waals surface area (Å²) < 4.78 is 2.09. The number of benzene rings is 1. The maximum Gasteiger partial charge on any atom is 0.160 e. The summed E-state index contributed by atoms with van der Waals surface area (Å²) in [5.74, 6) is 0.463. The molecular weight excluding hydrogens is 284 g/mol. The normalized spacial score (nSPS) is 10.7. The summed E-state index contributed by atoms with van der Waals surface area (Å²) in [6.45, 7) is 0. The number of hydrogen-bond donors (Lipinski definition) is 0. The van der Waals surface area contributed by atoms with Crippen molar-refractivity contribution in [1.29, 1.82) is 0 Å². The van der Waals surface area contributed by atoms with Gasteiger partial charge in [-0.25, -0.2) is 0 Å². The lowest BCUT2D eigenvalue weighted by atomic mass is 10.1. The molecule has 14 heavy (non-hydrogen) atoms. The van der Waals surface area contributed by atoms with Crippen LogP contribution in [0.4, 0.5) is 0 Å². The number of hydrogen-bond acceptors (Lipinski definition) is 2. The fraction of sp³-hybridized carbons (Fsp3) is 0.100. The van der Waals surface area contributed by atoms with Crippen LogP contribution in [0.1, 0.15) is 15.2 Å². The highest BCUT2D eigenvalue weighted by atomic mass is 79.9. The SMILES string of the molecule is O=Cc1cc2c(CCl)cc(Br)cc2s1. The Bertz CT molecular complexity index is 492. The summed E-state index contributed by atoms with van der Waals surface area (Å²) >= 11 is 10.7. The molecule has 0 radical (unpaired) electrons. The van der Waals surface area contributed by atoms with Gasteiger partial charge in [0.2, 0.25) is 0 Å². The molecule has 0 aliphatic rings. The van der Waals surface area contributed by atoms with Crippen molar-refractivity contribution in [3.63, 3.8) is 0 Å². The molecule has 0 unspecified atom stereocenters. The van der Waals surface area contributed by atoms with Crippen molar-refractivity contribution >= 4 is 55.2 Å². The van der Waals surface area contributed by atoms with E-state index >= 15 is 0 Å². The molecule has 4 heteroatoms. The first-order valence-electron chi connectivity index (χ1n) is 3.97. The summed E-state index contributed by atoms with van der Waals surface area (Å²) in [5.41, 5.74) is 1.06. The number of fused-ring (bicyclic) bond motifs is 1. The molecule has 0 amide bonds. The van der Waals surface area contributed by atoms with Crippen LogP contribution >= 0.6 is 38.9 Å². The molecule has 0 N–H and O–H groups in total. The van der Waals surface area contributed by atoms with Crippen LogP contribution < -0.4 is 0 Å². The molecule has 0 saturated heterocycles. The predicted octanol–water partition coefficient (Wildman–Crippen LogP) is 4.22. The summed E-state index contributed by atoms with van der Waals surface area (Å²) in [7, 11) is 0. The van der Waals surface area contributed by atoms with Crippen LogP contribution in [0.5, 0.6) is 0 Å². The second-order valence-electron chi connectivity index (χ2n) is 2.88. The fourth-order valence-electron chi connectivity index (χ4n) is 1.36. The van der Waals surface area contributed by atoms with Crippen molar-refractivity contribution in [2.24, 2.45) is 0 Å². The third-order valence-corrected chi connectivity index (χ3v) is 3.72. The van der Waals surface area contributed by atoms with E-state index in [0.29, 0.717) is 5.88 Å². The van der Waals surface area contributed by atoms with Gasteiger partial charge in [0, 0.05) is 15.1 Å². The quantitative estimate of drug-likeness (QED) is 0.598. The van der Waals surface area contributed by atoms with E-state index in [1.807, 2.05) is 18.2 Å². The van der Waals surface area contributed by atoms with Crippen molar-refractivity contribution < 1.29 is 4.79 Å². The molecule has 1 heterocycles. The van der Waals surface area contributed by atoms with E-state index in [1.54, 1.807) is 0 Å². The predicted molar refractivity (Wildman–Crippen MR) is 64.5 cm³/mol. The topological polar surface area (TPSA) is 17.1 Å². The van der Waals surface area contributed by atoms with Gasteiger partial charge in [0.05, 0.1) is 4.88 Å². The van der Waals surface area contributed by atoms with E-state index in [4.69, 9.17) is 11.6 Å². The molecule has 2 rings (SSSR count). The van der Waals surface area contributed by atoms with Crippen LogP contribution in [0.2, 0.25) is 0 Å². The number of carbonyl (C=O) groups is 1. The lowest BCUT2D eigenvalue weighted by Crippen LogP contribution is -1.78. The van der Waals surface area contributed by atoms with Crippen LogP contribution in [0.3, 0.4) is 0 Å². The molecule has 2 aromatic rings. The maximum absolute atomic E-state index is 10.6. The molecule has 0 bridgehead atoms. The highest BCUT2D eigenvalue weighted by Gasteiger charge is 2.06. The van der Waals surface area contributed by atoms with E-state index in [1.165, 1.54) is 11.3 Å². The minimum absolute atomic E-state index is 0.463. The summed E-state index contributed by atoms with van der Waals surface area (Å²) in [5, 5.41) is 1.08. The molecule has 72 valence electrons. The number of alkyl halides is 1. The van der Waals surface area contributed by atoms with Crippen LogP contribution in [-0.2, 0) is 5.88 Å². The first kappa shape index (κ1) is 10.1. The van der Waals surface area contributed by atoms with Crippen LogP contribution in [-0.4, -0.2) is 6.29 Å². The largest absolute Gasteiger partial charge is 0.297 e. The van der Waals surface area contributed by atoms with Gasteiger partial charge in [0.25, 0.3) is 0 Å². The number of thiophene rings is 1. The minimum atomic E-state index is 0.463. The highest BCUT2D eigenvalue weighted by Crippen LogP contribution is 2.31. The van der Waals surface area contributed by atoms with Crippen molar-refractivity contribution in [1.82, 2.24) is 0 Å². The zero-order valence-electron chi connectivity index (χ0n) is 7.09. The smallest absolute Gasteiger partial charge is 0.160 e. The Kier molecular flexibility index (Phi) is 2.91. The summed E-state index contributed by atoms with van der Waals surface area (Å²) in [6.07, 6.45) is 0.872. The van der Waals surface area contributed by atoms with Gasteiger partial charge in [-0.2, -0.15) is 0 Å². The number of rotatable bonds is 2. The van der Waals surface area contributed by atoms with Gasteiger partial charge >= 0.3 is 0 Å². The fourth-order valence-corrected chi connectivity index (χ4v) is 3.21. The molecule has 0 aliphatic carbocycles. The molecule has 1 nitrogen and oxygen atoms in total. The van der Waals surface area contributed by atoms with Crippen molar-refractivity contribution in [2.45, 2.75) is 5.88 Å². The van der Waals surface area contributed by atoms with Gasteiger partial charge < -0.3 is 0 Å². The van der Waals surface area contributed by atoms with E-state index < -0.39 is 0 Å². The molecular formula is C10H6BrClOS. The highest BCUT2D eigenvalue weighted by molar-refractivity contribution is 9.10. The number of halogens is 2. The van der Waals surface area contributed by atoms with Crippen molar-refractivity contribution in [3.05, 3.63) is 33.1 Å². The van der Waals surface area contributed by atoms with Gasteiger partial charge in [-0.15, -0.1) is 22.9 Å². The average Bonchev–Trinajstić information content (AvgIpc) is 2.59. The van der Waals surface area contributed by atoms with E-state index in [9.17, 15) is 4.79 Å². The van der Waals surface area contributed by atoms with Crippen LogP contribution in [0.15, 0.2) is 22.7 Å². The lowest BCUT2D eigenvalue weighted by Gasteiger charge is -1.98. The maximum atomic E-state index is 10.6. The lowest BCUT2D eigenvalue weighted by molar-refractivity contribution is 0.112. The molecule has 0 atom stereocenters. The van der Waals surface area contributed by atoms with Gasteiger partial charge in [-0.3, -0.25) is 4.79 Å². The Morgan fingerprint density at radius 2 is 2.21 bits per heavy atom. The molecule has 0 saturated carbocycles. The summed E-state index contributed by atoms with van der Waals surface area (Å²) in [4.78, 5) is 11.4. The second kappa shape index (κ2) is 4.01. The Morgan fingerprint density at radius 3 is 2.86 bits per heavy atom. The van der Waals surface area contributed by atoms with Gasteiger partial charge in [0.1, 0.15) is 0 Å². The third-order valence-electron chi connectivity index (χ3n) is 1.97. The zero-order valence-corrected chi connectivity index (χ0v) is 10.2. The molecule has 0 aliphatic heterocycles. The second-order valence-corrected chi connectivity index (χ2v) is 5.18. The number of aldehydes is 1. The first-order chi connectivity index (χ1) is 6.74. The van der Waals surface area contributed by atoms with Crippen molar-refractivity contribution in [3.8, 4) is 0 Å². The van der Waals surface area contributed by atoms with E-state index in [0.717, 1.165) is 31.3 Å². The Labute approximate surface area is 98.8 Å². The van der Waals surface area contributed by atoms with Gasteiger partial charge in [-0.05, 0) is 29.1 Å². The monoisotopic (exact) mass is 288 g/mol. The van der Waals surface area contributed by atoms with Crippen molar-refractivity contribution in [2.75, 3.05) is 0 Å². The summed E-state index contributed by atoms with van der Waals surface area (Å²) in [6, 6.07) is 5.87. The van der Waals surface area contributed by atoms with Crippen LogP contribution in [0.25, 0.3) is 10.1 Å². The zero-order chi connectivity index (χ0) is 10.1. The van der Waals surface area contributed by atoms with Gasteiger partial charge in [-0.1, -0.05) is 15.9 Å².